The summed E-state index contributed by atoms with van der Waals surface area (Å²) in [5, 5.41) is 0. The van der Waals surface area contributed by atoms with Crippen LogP contribution in [0.5, 0.6) is 0 Å². The summed E-state index contributed by atoms with van der Waals surface area (Å²) >= 11 is 0. The lowest BCUT2D eigenvalue weighted by Gasteiger charge is -1.84. The molecule has 0 aromatic carbocycles. The molecule has 0 bridgehead atoms. The highest BCUT2D eigenvalue weighted by Gasteiger charge is 1.73. The Bertz CT molecular complexity index is 80.0. The molecular formula is C9H16. The molecule has 0 unspecified atom stereocenters. The van der Waals surface area contributed by atoms with Gasteiger partial charge in [0.1, 0.15) is 0 Å². The molecule has 0 aliphatic rings. The normalized spacial score (nSPS) is 10.3. The van der Waals surface area contributed by atoms with Crippen molar-refractivity contribution in [3.05, 3.63) is 24.8 Å². The van der Waals surface area contributed by atoms with Crippen LogP contribution in [0.25, 0.3) is 0 Å². The van der Waals surface area contributed by atoms with E-state index in [1.165, 1.54) is 12.8 Å². The molecule has 0 amide bonds. The average molecular weight is 124 g/mol. The van der Waals surface area contributed by atoms with Crippen molar-refractivity contribution in [3.8, 4) is 0 Å². The van der Waals surface area contributed by atoms with E-state index in [0.29, 0.717) is 0 Å². The maximum Gasteiger partial charge on any atom is -0.0316 e. The van der Waals surface area contributed by atoms with Gasteiger partial charge in [-0.2, -0.15) is 0 Å². The molecule has 0 heteroatoms. The lowest BCUT2D eigenvalue weighted by atomic mass is 10.2. The van der Waals surface area contributed by atoms with Crippen LogP contribution in [0.4, 0.5) is 0 Å². The zero-order valence-corrected chi connectivity index (χ0v) is 6.27. The van der Waals surface area contributed by atoms with Crippen LogP contribution in [0.15, 0.2) is 24.8 Å². The Kier molecular flexibility index (Phi) is 7.05. The molecule has 0 rings (SSSR count). The fraction of sp³-hybridized carbons (Fsp3) is 0.556. The van der Waals surface area contributed by atoms with Gasteiger partial charge in [-0.25, -0.2) is 0 Å². The van der Waals surface area contributed by atoms with Gasteiger partial charge in [-0.1, -0.05) is 31.6 Å². The van der Waals surface area contributed by atoms with Gasteiger partial charge >= 0.3 is 0 Å². The predicted octanol–water partition coefficient (Wildman–Crippen LogP) is 3.31. The first-order valence-electron chi connectivity index (χ1n) is 3.67. The van der Waals surface area contributed by atoms with Crippen molar-refractivity contribution >= 4 is 0 Å². The number of allylic oxidation sites excluding steroid dienone is 3. The van der Waals surface area contributed by atoms with E-state index in [4.69, 9.17) is 0 Å². The third-order valence-corrected chi connectivity index (χ3v) is 1.16. The van der Waals surface area contributed by atoms with Crippen molar-refractivity contribution in [2.45, 2.75) is 32.6 Å². The van der Waals surface area contributed by atoms with Gasteiger partial charge in [0.2, 0.25) is 0 Å². The van der Waals surface area contributed by atoms with E-state index in [9.17, 15) is 0 Å². The van der Waals surface area contributed by atoms with Crippen molar-refractivity contribution in [1.82, 2.24) is 0 Å². The van der Waals surface area contributed by atoms with E-state index >= 15 is 0 Å². The molecule has 0 saturated carbocycles. The molecule has 0 aromatic heterocycles. The molecule has 0 N–H and O–H groups in total. The van der Waals surface area contributed by atoms with Gasteiger partial charge in [0.05, 0.1) is 0 Å². The van der Waals surface area contributed by atoms with Crippen molar-refractivity contribution in [1.29, 1.82) is 0 Å². The molecule has 0 atom stereocenters. The molecule has 0 aromatic rings. The molecule has 0 fully saturated rings. The Morgan fingerprint density at radius 2 is 1.78 bits per heavy atom. The lowest BCUT2D eigenvalue weighted by Crippen LogP contribution is -1.64. The third-order valence-electron chi connectivity index (χ3n) is 1.16. The molecule has 0 nitrogen and oxygen atoms in total. The SMILES string of the molecule is C=CCC/C=C\CCC. The summed E-state index contributed by atoms with van der Waals surface area (Å²) in [6.45, 7) is 5.84. The summed E-state index contributed by atoms with van der Waals surface area (Å²) in [5.41, 5.74) is 0. The van der Waals surface area contributed by atoms with Crippen molar-refractivity contribution in [2.75, 3.05) is 0 Å². The fourth-order valence-electron chi connectivity index (χ4n) is 0.616. The first-order valence-corrected chi connectivity index (χ1v) is 3.67. The standard InChI is InChI=1S/C9H16/c1-3-5-7-9-8-6-4-2/h3,8-9H,1,4-7H2,2H3/b9-8-. The van der Waals surface area contributed by atoms with Crippen molar-refractivity contribution < 1.29 is 0 Å². The van der Waals surface area contributed by atoms with E-state index in [-0.39, 0.29) is 0 Å². The zero-order valence-electron chi connectivity index (χ0n) is 6.27. The van der Waals surface area contributed by atoms with Crippen LogP contribution >= 0.6 is 0 Å². The molecule has 52 valence electrons. The first-order chi connectivity index (χ1) is 4.41. The predicted molar refractivity (Wildman–Crippen MR) is 43.5 cm³/mol. The summed E-state index contributed by atoms with van der Waals surface area (Å²) in [6, 6.07) is 0. The minimum Gasteiger partial charge on any atom is -0.103 e. The first kappa shape index (κ1) is 8.48. The Labute approximate surface area is 58.3 Å². The highest BCUT2D eigenvalue weighted by Crippen LogP contribution is 1.94. The molecule has 0 saturated heterocycles. The minimum atomic E-state index is 1.11. The maximum atomic E-state index is 3.64. The van der Waals surface area contributed by atoms with E-state index < -0.39 is 0 Å². The minimum absolute atomic E-state index is 1.11. The van der Waals surface area contributed by atoms with Crippen LogP contribution in [0.3, 0.4) is 0 Å². The van der Waals surface area contributed by atoms with Gasteiger partial charge in [-0.05, 0) is 19.3 Å². The largest absolute Gasteiger partial charge is 0.103 e. The van der Waals surface area contributed by atoms with Gasteiger partial charge in [0.15, 0.2) is 0 Å². The summed E-state index contributed by atoms with van der Waals surface area (Å²) in [4.78, 5) is 0. The van der Waals surface area contributed by atoms with Gasteiger partial charge in [-0.3, -0.25) is 0 Å². The number of hydrogen-bond acceptors (Lipinski definition) is 0. The second-order valence-corrected chi connectivity index (χ2v) is 2.13. The van der Waals surface area contributed by atoms with Crippen LogP contribution in [-0.4, -0.2) is 0 Å². The third kappa shape index (κ3) is 7.48. The van der Waals surface area contributed by atoms with Gasteiger partial charge in [0.25, 0.3) is 0 Å². The number of unbranched alkanes of at least 4 members (excludes halogenated alkanes) is 2. The number of hydrogen-bond donors (Lipinski definition) is 0. The topological polar surface area (TPSA) is 0 Å². The summed E-state index contributed by atoms with van der Waals surface area (Å²) < 4.78 is 0. The average Bonchev–Trinajstić information content (AvgIpc) is 1.89. The maximum absolute atomic E-state index is 3.64. The van der Waals surface area contributed by atoms with Gasteiger partial charge < -0.3 is 0 Å². The molecule has 0 spiro atoms. The molecule has 0 aliphatic carbocycles. The van der Waals surface area contributed by atoms with Crippen LogP contribution in [0, 0.1) is 0 Å². The molecule has 0 heterocycles. The second-order valence-electron chi connectivity index (χ2n) is 2.13. The Morgan fingerprint density at radius 3 is 2.33 bits per heavy atom. The van der Waals surface area contributed by atoms with Gasteiger partial charge in [0, 0.05) is 0 Å². The quantitative estimate of drug-likeness (QED) is 0.389. The molecular weight excluding hydrogens is 108 g/mol. The monoisotopic (exact) mass is 124 g/mol. The van der Waals surface area contributed by atoms with Crippen LogP contribution in [-0.2, 0) is 0 Å². The van der Waals surface area contributed by atoms with Crippen molar-refractivity contribution in [3.63, 3.8) is 0 Å². The number of rotatable bonds is 5. The summed E-state index contributed by atoms with van der Waals surface area (Å²) in [7, 11) is 0. The molecule has 9 heavy (non-hydrogen) atoms. The van der Waals surface area contributed by atoms with Crippen molar-refractivity contribution in [2.24, 2.45) is 0 Å². The highest BCUT2D eigenvalue weighted by atomic mass is 13.8. The van der Waals surface area contributed by atoms with E-state index in [2.05, 4.69) is 25.7 Å². The smallest absolute Gasteiger partial charge is 0.0316 e. The van der Waals surface area contributed by atoms with E-state index in [1.807, 2.05) is 6.08 Å². The fourth-order valence-corrected chi connectivity index (χ4v) is 0.616. The lowest BCUT2D eigenvalue weighted by molar-refractivity contribution is 0.944. The molecule has 0 radical (unpaired) electrons. The highest BCUT2D eigenvalue weighted by molar-refractivity contribution is 4.83. The van der Waals surface area contributed by atoms with Gasteiger partial charge in [-0.15, -0.1) is 6.58 Å². The van der Waals surface area contributed by atoms with Crippen LogP contribution in [0.1, 0.15) is 32.6 Å². The Balaban J connectivity index is 2.94. The van der Waals surface area contributed by atoms with E-state index in [0.717, 1.165) is 12.8 Å². The van der Waals surface area contributed by atoms with Crippen LogP contribution in [0.2, 0.25) is 0 Å². The Morgan fingerprint density at radius 1 is 1.11 bits per heavy atom. The van der Waals surface area contributed by atoms with Crippen LogP contribution < -0.4 is 0 Å². The zero-order chi connectivity index (χ0) is 6.95. The second kappa shape index (κ2) is 7.48. The summed E-state index contributed by atoms with van der Waals surface area (Å²) in [5.74, 6) is 0. The summed E-state index contributed by atoms with van der Waals surface area (Å²) in [6.07, 6.45) is 11.2. The van der Waals surface area contributed by atoms with E-state index in [1.54, 1.807) is 0 Å². The Hall–Kier alpha value is -0.520. The molecule has 0 aliphatic heterocycles.